The normalized spacial score (nSPS) is 17.0. The Hall–Kier alpha value is -2.73. The first-order valence-electron chi connectivity index (χ1n) is 9.40. The van der Waals surface area contributed by atoms with Gasteiger partial charge in [0.1, 0.15) is 23.4 Å². The Labute approximate surface area is 159 Å². The van der Waals surface area contributed by atoms with Crippen molar-refractivity contribution in [2.45, 2.75) is 25.3 Å². The molecule has 1 atom stereocenters. The third-order valence-corrected chi connectivity index (χ3v) is 5.23. The highest BCUT2D eigenvalue weighted by Gasteiger charge is 2.18. The molecule has 0 aliphatic carbocycles. The second-order valence-electron chi connectivity index (χ2n) is 7.03. The molecule has 0 saturated carbocycles. The Kier molecular flexibility index (Phi) is 5.16. The van der Waals surface area contributed by atoms with Gasteiger partial charge in [0.05, 0.1) is 12.8 Å². The van der Waals surface area contributed by atoms with E-state index in [4.69, 9.17) is 4.74 Å². The van der Waals surface area contributed by atoms with Gasteiger partial charge in [-0.25, -0.2) is 9.97 Å². The summed E-state index contributed by atoms with van der Waals surface area (Å²) < 4.78 is 5.45. The van der Waals surface area contributed by atoms with Crippen molar-refractivity contribution in [2.75, 3.05) is 32.1 Å². The summed E-state index contributed by atoms with van der Waals surface area (Å²) in [5.41, 5.74) is 3.21. The van der Waals surface area contributed by atoms with Crippen LogP contribution in [0.5, 0.6) is 5.75 Å². The minimum Gasteiger partial charge on any atom is -0.494 e. The molecule has 6 heteroatoms. The SMILES string of the molecule is COc1ccc(CN(C)c2cc([C@H]3CCCNC3)ncn2)c2cccnc12. The molecule has 1 aliphatic rings. The number of rotatable bonds is 5. The maximum absolute atomic E-state index is 5.45. The first-order chi connectivity index (χ1) is 13.3. The second kappa shape index (κ2) is 7.88. The van der Waals surface area contributed by atoms with E-state index in [0.29, 0.717) is 5.92 Å². The van der Waals surface area contributed by atoms with Crippen LogP contribution in [0.4, 0.5) is 5.82 Å². The Bertz CT molecular complexity index is 923. The summed E-state index contributed by atoms with van der Waals surface area (Å²) in [6, 6.07) is 10.3. The van der Waals surface area contributed by atoms with Gasteiger partial charge in [-0.15, -0.1) is 0 Å². The van der Waals surface area contributed by atoms with E-state index in [0.717, 1.165) is 47.8 Å². The largest absolute Gasteiger partial charge is 0.494 e. The summed E-state index contributed by atoms with van der Waals surface area (Å²) in [7, 11) is 3.75. The number of ether oxygens (including phenoxy) is 1. The van der Waals surface area contributed by atoms with Crippen molar-refractivity contribution in [2.24, 2.45) is 0 Å². The lowest BCUT2D eigenvalue weighted by Crippen LogP contribution is -2.29. The van der Waals surface area contributed by atoms with E-state index >= 15 is 0 Å². The Morgan fingerprint density at radius 2 is 2.15 bits per heavy atom. The van der Waals surface area contributed by atoms with Gasteiger partial charge < -0.3 is 15.0 Å². The molecule has 0 spiro atoms. The van der Waals surface area contributed by atoms with Crippen LogP contribution in [0.15, 0.2) is 42.9 Å². The third kappa shape index (κ3) is 3.71. The van der Waals surface area contributed by atoms with Crippen molar-refractivity contribution in [3.63, 3.8) is 0 Å². The van der Waals surface area contributed by atoms with Crippen molar-refractivity contribution < 1.29 is 4.74 Å². The molecule has 2 aromatic heterocycles. The van der Waals surface area contributed by atoms with E-state index in [1.165, 1.54) is 18.4 Å². The molecule has 0 amide bonds. The average Bonchev–Trinajstić information content (AvgIpc) is 2.74. The van der Waals surface area contributed by atoms with Crippen LogP contribution in [0.1, 0.15) is 30.0 Å². The molecule has 1 N–H and O–H groups in total. The Morgan fingerprint density at radius 3 is 2.96 bits per heavy atom. The fraction of sp³-hybridized carbons (Fsp3) is 0.381. The molecule has 4 rings (SSSR count). The summed E-state index contributed by atoms with van der Waals surface area (Å²) in [5, 5.41) is 4.57. The first kappa shape index (κ1) is 17.7. The number of hydrogen-bond donors (Lipinski definition) is 1. The molecule has 1 aromatic carbocycles. The molecule has 1 saturated heterocycles. The molecule has 27 heavy (non-hydrogen) atoms. The molecule has 1 aliphatic heterocycles. The zero-order valence-electron chi connectivity index (χ0n) is 15.9. The fourth-order valence-electron chi connectivity index (χ4n) is 3.74. The average molecular weight is 363 g/mol. The second-order valence-corrected chi connectivity index (χ2v) is 7.03. The van der Waals surface area contributed by atoms with Crippen LogP contribution in [0, 0.1) is 0 Å². The highest BCUT2D eigenvalue weighted by Crippen LogP contribution is 2.28. The minimum atomic E-state index is 0.472. The van der Waals surface area contributed by atoms with E-state index in [-0.39, 0.29) is 0 Å². The summed E-state index contributed by atoms with van der Waals surface area (Å²) in [6.45, 7) is 2.84. The highest BCUT2D eigenvalue weighted by atomic mass is 16.5. The maximum Gasteiger partial charge on any atom is 0.145 e. The van der Waals surface area contributed by atoms with Gasteiger partial charge in [-0.1, -0.05) is 12.1 Å². The van der Waals surface area contributed by atoms with Gasteiger partial charge in [-0.2, -0.15) is 0 Å². The summed E-state index contributed by atoms with van der Waals surface area (Å²) in [6.07, 6.45) is 5.86. The molecule has 3 aromatic rings. The summed E-state index contributed by atoms with van der Waals surface area (Å²) in [5.74, 6) is 2.21. The number of benzene rings is 1. The minimum absolute atomic E-state index is 0.472. The van der Waals surface area contributed by atoms with Crippen molar-refractivity contribution in [1.29, 1.82) is 0 Å². The number of aromatic nitrogens is 3. The molecular weight excluding hydrogens is 338 g/mol. The molecule has 0 bridgehead atoms. The first-order valence-corrected chi connectivity index (χ1v) is 9.40. The molecule has 0 radical (unpaired) electrons. The quantitative estimate of drug-likeness (QED) is 0.751. The number of hydrogen-bond acceptors (Lipinski definition) is 6. The predicted octanol–water partition coefficient (Wildman–Crippen LogP) is 3.14. The maximum atomic E-state index is 5.45. The van der Waals surface area contributed by atoms with Gasteiger partial charge in [-0.3, -0.25) is 4.98 Å². The van der Waals surface area contributed by atoms with Crippen molar-refractivity contribution in [1.82, 2.24) is 20.3 Å². The van der Waals surface area contributed by atoms with Crippen LogP contribution in [-0.4, -0.2) is 42.2 Å². The van der Waals surface area contributed by atoms with Crippen molar-refractivity contribution in [3.05, 3.63) is 54.1 Å². The number of nitrogens with zero attached hydrogens (tertiary/aromatic N) is 4. The molecule has 140 valence electrons. The van der Waals surface area contributed by atoms with Crippen LogP contribution in [0.25, 0.3) is 10.9 Å². The zero-order chi connectivity index (χ0) is 18.6. The van der Waals surface area contributed by atoms with Crippen LogP contribution >= 0.6 is 0 Å². The van der Waals surface area contributed by atoms with Crippen LogP contribution in [-0.2, 0) is 6.54 Å². The number of anilines is 1. The topological polar surface area (TPSA) is 63.2 Å². The number of nitrogens with one attached hydrogen (secondary N) is 1. The molecular formula is C21H25N5O. The molecule has 1 fully saturated rings. The number of piperidine rings is 1. The number of fused-ring (bicyclic) bond motifs is 1. The van der Waals surface area contributed by atoms with Crippen molar-refractivity contribution in [3.8, 4) is 5.75 Å². The summed E-state index contributed by atoms with van der Waals surface area (Å²) >= 11 is 0. The lowest BCUT2D eigenvalue weighted by molar-refractivity contribution is 0.419. The van der Waals surface area contributed by atoms with Gasteiger partial charge in [0.2, 0.25) is 0 Å². The Morgan fingerprint density at radius 1 is 1.22 bits per heavy atom. The van der Waals surface area contributed by atoms with Crippen LogP contribution in [0.2, 0.25) is 0 Å². The standard InChI is InChI=1S/C21H25N5O/c1-26(20-11-18(24-14-25-20)15-5-3-9-22-12-15)13-16-7-8-19(27-2)21-17(16)6-4-10-23-21/h4,6-8,10-11,14-15,22H,3,5,9,12-13H2,1-2H3/t15-/m0/s1. The van der Waals surface area contributed by atoms with E-state index in [2.05, 4.69) is 50.4 Å². The van der Waals surface area contributed by atoms with E-state index in [9.17, 15) is 0 Å². The number of methoxy groups -OCH3 is 1. The van der Waals surface area contributed by atoms with Crippen LogP contribution in [0.3, 0.4) is 0 Å². The van der Waals surface area contributed by atoms with E-state index in [1.54, 1.807) is 19.6 Å². The van der Waals surface area contributed by atoms with Gasteiger partial charge >= 0.3 is 0 Å². The van der Waals surface area contributed by atoms with Gasteiger partial charge in [0, 0.05) is 43.7 Å². The Balaban J connectivity index is 1.59. The molecule has 6 nitrogen and oxygen atoms in total. The highest BCUT2D eigenvalue weighted by molar-refractivity contribution is 5.87. The summed E-state index contributed by atoms with van der Waals surface area (Å²) in [4.78, 5) is 15.7. The van der Waals surface area contributed by atoms with E-state index < -0.39 is 0 Å². The lowest BCUT2D eigenvalue weighted by atomic mass is 9.96. The smallest absolute Gasteiger partial charge is 0.145 e. The van der Waals surface area contributed by atoms with E-state index in [1.807, 2.05) is 12.1 Å². The van der Waals surface area contributed by atoms with Crippen molar-refractivity contribution >= 4 is 16.7 Å². The fourth-order valence-corrected chi connectivity index (χ4v) is 3.74. The van der Waals surface area contributed by atoms with Crippen LogP contribution < -0.4 is 15.0 Å². The van der Waals surface area contributed by atoms with Gasteiger partial charge in [0.25, 0.3) is 0 Å². The van der Waals surface area contributed by atoms with Gasteiger partial charge in [-0.05, 0) is 37.1 Å². The number of pyridine rings is 1. The lowest BCUT2D eigenvalue weighted by Gasteiger charge is -2.24. The molecule has 0 unspecified atom stereocenters. The monoisotopic (exact) mass is 363 g/mol. The predicted molar refractivity (Wildman–Crippen MR) is 107 cm³/mol. The zero-order valence-corrected chi connectivity index (χ0v) is 15.9. The molecule has 3 heterocycles. The third-order valence-electron chi connectivity index (χ3n) is 5.23. The van der Waals surface area contributed by atoms with Gasteiger partial charge in [0.15, 0.2) is 0 Å².